The molecule has 0 saturated carbocycles. The number of rotatable bonds is 4. The minimum atomic E-state index is -0.272. The van der Waals surface area contributed by atoms with E-state index in [-0.39, 0.29) is 18.1 Å². The molecule has 0 aliphatic carbocycles. The molecule has 0 amide bonds. The first-order chi connectivity index (χ1) is 20.4. The van der Waals surface area contributed by atoms with Gasteiger partial charge in [-0.25, -0.2) is 0 Å². The third kappa shape index (κ3) is 3.70. The molecular formula is C35H40N5O2+. The van der Waals surface area contributed by atoms with E-state index in [2.05, 4.69) is 83.5 Å². The first-order valence-electron chi connectivity index (χ1n) is 15.4. The molecule has 6 heterocycles. The summed E-state index contributed by atoms with van der Waals surface area (Å²) in [5, 5.41) is 28.1. The summed E-state index contributed by atoms with van der Waals surface area (Å²) < 4.78 is 0. The van der Waals surface area contributed by atoms with E-state index >= 15 is 0 Å². The molecular weight excluding hydrogens is 522 g/mol. The monoisotopic (exact) mass is 562 g/mol. The lowest BCUT2D eigenvalue weighted by molar-refractivity contribution is -0.824. The van der Waals surface area contributed by atoms with Gasteiger partial charge in [0.1, 0.15) is 18.1 Å². The average Bonchev–Trinajstić information content (AvgIpc) is 3.70. The van der Waals surface area contributed by atoms with Gasteiger partial charge >= 0.3 is 0 Å². The highest BCUT2D eigenvalue weighted by molar-refractivity contribution is 5.94. The minimum absolute atomic E-state index is 0.178. The highest BCUT2D eigenvalue weighted by Crippen LogP contribution is 2.46. The number of aliphatic hydroxyl groups excluding tert-OH is 1. The number of benzene rings is 2. The van der Waals surface area contributed by atoms with Crippen LogP contribution in [0.3, 0.4) is 0 Å². The summed E-state index contributed by atoms with van der Waals surface area (Å²) in [6.07, 6.45) is 12.4. The van der Waals surface area contributed by atoms with Gasteiger partial charge in [-0.3, -0.25) is 9.80 Å². The molecule has 2 unspecified atom stereocenters. The number of likely N-dealkylation sites (tertiary alicyclic amines) is 2. The quantitative estimate of drug-likeness (QED) is 0.305. The van der Waals surface area contributed by atoms with Gasteiger partial charge in [0.05, 0.1) is 11.2 Å². The van der Waals surface area contributed by atoms with Crippen molar-refractivity contribution in [1.29, 1.82) is 0 Å². The number of allylic oxidation sites excluding steroid dienone is 2. The molecule has 5 aliphatic heterocycles. The third-order valence-corrected chi connectivity index (χ3v) is 10.8. The summed E-state index contributed by atoms with van der Waals surface area (Å²) in [5.74, 6) is 1.23. The van der Waals surface area contributed by atoms with Crippen molar-refractivity contribution >= 4 is 22.7 Å². The first kappa shape index (κ1) is 25.9. The Morgan fingerprint density at radius 3 is 2.74 bits per heavy atom. The maximum absolute atomic E-state index is 12.2. The van der Waals surface area contributed by atoms with Crippen molar-refractivity contribution in [2.45, 2.75) is 55.8 Å². The lowest BCUT2D eigenvalue weighted by Crippen LogP contribution is -3.04. The van der Waals surface area contributed by atoms with E-state index in [1.54, 1.807) is 0 Å². The van der Waals surface area contributed by atoms with Gasteiger partial charge in [0.2, 0.25) is 0 Å². The molecule has 3 aromatic rings. The topological polar surface area (TPSA) is 79.2 Å². The van der Waals surface area contributed by atoms with Gasteiger partial charge in [-0.2, -0.15) is 0 Å². The maximum atomic E-state index is 12.2. The predicted octanol–water partition coefficient (Wildman–Crippen LogP) is 5.12. The Bertz CT molecular complexity index is 1700. The summed E-state index contributed by atoms with van der Waals surface area (Å²) >= 11 is 0. The molecule has 0 spiro atoms. The summed E-state index contributed by atoms with van der Waals surface area (Å²) in [6.45, 7) is 6.21. The highest BCUT2D eigenvalue weighted by atomic mass is 16.3. The number of para-hydroxylation sites is 1. The van der Waals surface area contributed by atoms with E-state index in [9.17, 15) is 10.2 Å². The largest absolute Gasteiger partial charge is 0.508 e. The van der Waals surface area contributed by atoms with Crippen LogP contribution < -0.4 is 10.2 Å². The van der Waals surface area contributed by atoms with Crippen molar-refractivity contribution in [3.63, 3.8) is 0 Å². The molecule has 2 aromatic carbocycles. The maximum Gasteiger partial charge on any atom is 0.195 e. The fourth-order valence-electron chi connectivity index (χ4n) is 8.60. The Morgan fingerprint density at radius 2 is 1.93 bits per heavy atom. The average molecular weight is 563 g/mol. The third-order valence-electron chi connectivity index (χ3n) is 10.8. The van der Waals surface area contributed by atoms with E-state index in [0.29, 0.717) is 23.5 Å². The van der Waals surface area contributed by atoms with Gasteiger partial charge < -0.3 is 25.4 Å². The van der Waals surface area contributed by atoms with Crippen molar-refractivity contribution < 1.29 is 15.1 Å². The van der Waals surface area contributed by atoms with E-state index in [4.69, 9.17) is 0 Å². The Balaban J connectivity index is 1.20. The number of anilines is 1. The van der Waals surface area contributed by atoms with Crippen LogP contribution in [-0.4, -0.2) is 64.3 Å². The lowest BCUT2D eigenvalue weighted by atomic mass is 9.79. The smallest absolute Gasteiger partial charge is 0.195 e. The number of phenols is 1. The number of hydrogen-bond donors (Lipinski definition) is 5. The molecule has 2 fully saturated rings. The van der Waals surface area contributed by atoms with Crippen LogP contribution >= 0.6 is 0 Å². The summed E-state index contributed by atoms with van der Waals surface area (Å²) in [5.41, 5.74) is 8.71. The molecule has 7 heteroatoms. The van der Waals surface area contributed by atoms with Crippen LogP contribution in [0, 0.1) is 0 Å². The molecule has 216 valence electrons. The Hall–Kier alpha value is -3.78. The van der Waals surface area contributed by atoms with Gasteiger partial charge in [-0.05, 0) is 76.6 Å². The molecule has 6 atom stereocenters. The molecule has 5 N–H and O–H groups in total. The number of aromatic nitrogens is 1. The Morgan fingerprint density at radius 1 is 1.07 bits per heavy atom. The number of fused-ring (bicyclic) bond motifs is 8. The van der Waals surface area contributed by atoms with E-state index in [1.807, 2.05) is 18.2 Å². The number of aromatic amines is 1. The second kappa shape index (κ2) is 9.63. The van der Waals surface area contributed by atoms with Crippen molar-refractivity contribution in [1.82, 2.24) is 14.8 Å². The molecule has 0 radical (unpaired) electrons. The number of nitrogens with one attached hydrogen (secondary N) is 3. The van der Waals surface area contributed by atoms with Crippen LogP contribution in [0.1, 0.15) is 66.1 Å². The van der Waals surface area contributed by atoms with Crippen LogP contribution in [0.4, 0.5) is 5.69 Å². The molecule has 5 aliphatic rings. The van der Waals surface area contributed by atoms with E-state index < -0.39 is 0 Å². The number of H-pyrrole nitrogens is 1. The van der Waals surface area contributed by atoms with Gasteiger partial charge in [0.25, 0.3) is 0 Å². The van der Waals surface area contributed by atoms with Crippen LogP contribution in [0.5, 0.6) is 5.75 Å². The molecule has 2 saturated heterocycles. The summed E-state index contributed by atoms with van der Waals surface area (Å²) in [6, 6.07) is 13.0. The fraction of sp³-hybridized carbons (Fsp3) is 0.371. The molecule has 1 aromatic heterocycles. The zero-order valence-electron chi connectivity index (χ0n) is 24.4. The summed E-state index contributed by atoms with van der Waals surface area (Å²) in [4.78, 5) is 9.60. The zero-order chi connectivity index (χ0) is 28.7. The number of phenolic OH excluding ortho intramolecular Hbond substituents is 1. The van der Waals surface area contributed by atoms with Crippen LogP contribution in [0.25, 0.3) is 17.0 Å². The minimum Gasteiger partial charge on any atom is -0.508 e. The number of hydrogen-bond acceptors (Lipinski definition) is 5. The number of likely N-dealkylation sites (N-methyl/N-ethyl adjacent to an activating group) is 1. The van der Waals surface area contributed by atoms with Crippen molar-refractivity contribution in [3.8, 4) is 5.75 Å². The Labute approximate surface area is 247 Å². The van der Waals surface area contributed by atoms with Crippen molar-refractivity contribution in [2.24, 2.45) is 0 Å². The molecule has 0 bridgehead atoms. The lowest BCUT2D eigenvalue weighted by Gasteiger charge is -2.42. The standard InChI is InChI=1S/C35H39N5O2/c1-4-20-19-40-17-14-24-22-11-12-29(41)30(27-10-7-15-38(27)2)32(22)37-33(24)34(40)35(42)25(20)18-28-31-23(13-16-39(28)3)21-8-5-6-9-26(21)36-31/h4-6,8-9,11-12,14,17,19,23,27-28,31,34,36-37,41-42H,1,7,10,13,15-16,18H2,2-3H3/p+1/t23-,27+,28-,31+,34?/m0/s1. The molecule has 42 heavy (non-hydrogen) atoms. The number of piperidine rings is 1. The van der Waals surface area contributed by atoms with Crippen molar-refractivity contribution in [2.75, 3.05) is 32.5 Å². The number of aliphatic hydroxyl groups is 1. The first-order valence-corrected chi connectivity index (χ1v) is 15.4. The van der Waals surface area contributed by atoms with E-state index in [0.717, 1.165) is 82.5 Å². The van der Waals surface area contributed by atoms with Crippen LogP contribution in [0.15, 0.2) is 78.4 Å². The number of nitrogens with zero attached hydrogens (tertiary/aromatic N) is 2. The molecule has 7 nitrogen and oxygen atoms in total. The van der Waals surface area contributed by atoms with Gasteiger partial charge in [0.15, 0.2) is 11.8 Å². The normalized spacial score (nSPS) is 30.5. The predicted molar refractivity (Wildman–Crippen MR) is 167 cm³/mol. The number of aromatic hydroxyl groups is 1. The van der Waals surface area contributed by atoms with Crippen LogP contribution in [0.2, 0.25) is 0 Å². The van der Waals surface area contributed by atoms with Crippen LogP contribution in [-0.2, 0) is 0 Å². The highest BCUT2D eigenvalue weighted by Gasteiger charge is 2.45. The Kier molecular flexibility index (Phi) is 5.93. The van der Waals surface area contributed by atoms with Gasteiger partial charge in [0, 0.05) is 63.5 Å². The van der Waals surface area contributed by atoms with Gasteiger partial charge in [-0.1, -0.05) is 30.9 Å². The van der Waals surface area contributed by atoms with Gasteiger partial charge in [-0.15, -0.1) is 0 Å². The fourth-order valence-corrected chi connectivity index (χ4v) is 8.60. The van der Waals surface area contributed by atoms with Crippen molar-refractivity contribution in [3.05, 3.63) is 101 Å². The summed E-state index contributed by atoms with van der Waals surface area (Å²) in [7, 11) is 4.35. The second-order valence-electron chi connectivity index (χ2n) is 12.9. The SMILES string of the molecule is C=CC1=C[NH+]2C=Cc3c([nH]c4c([C@H]5CCCN5C)c(O)ccc34)C2C(O)=C1C[C@H]1[C@@H]2Nc3ccccc3[C@@H]2CCN1C. The number of quaternary nitrogens is 1. The molecule has 8 rings (SSSR count). The second-order valence-corrected chi connectivity index (χ2v) is 12.9. The zero-order valence-corrected chi connectivity index (χ0v) is 24.4. The van der Waals surface area contributed by atoms with E-state index in [1.165, 1.54) is 11.3 Å².